The fraction of sp³-hybridized carbons (Fsp3) is 0.273. The number of thioether (sulfide) groups is 1. The van der Waals surface area contributed by atoms with Gasteiger partial charge in [-0.3, -0.25) is 4.79 Å². The van der Waals surface area contributed by atoms with Crippen LogP contribution < -0.4 is 4.74 Å². The monoisotopic (exact) mass is 572 g/mol. The molecular weight excluding hydrogens is 540 g/mol. The average Bonchev–Trinajstić information content (AvgIpc) is 3.19. The Morgan fingerprint density at radius 3 is 2.40 bits per heavy atom. The summed E-state index contributed by atoms with van der Waals surface area (Å²) < 4.78 is 8.23. The zero-order chi connectivity index (χ0) is 28.7. The summed E-state index contributed by atoms with van der Waals surface area (Å²) in [5.74, 6) is -0.163. The van der Waals surface area contributed by atoms with Gasteiger partial charge in [-0.05, 0) is 61.9 Å². The van der Waals surface area contributed by atoms with Crippen LogP contribution in [0.25, 0.3) is 21.8 Å². The van der Waals surface area contributed by atoms with Crippen molar-refractivity contribution in [1.82, 2.24) is 9.55 Å². The minimum Gasteiger partial charge on any atom is -0.487 e. The lowest BCUT2D eigenvalue weighted by Gasteiger charge is -2.26. The van der Waals surface area contributed by atoms with Gasteiger partial charge in [0, 0.05) is 43.2 Å². The third-order valence-electron chi connectivity index (χ3n) is 6.82. The SMILES string of the molecule is CC(C)(C)Sc1c(C(C)(C)C(=O)O)n(Cc2ccc(Cl)cc2)c2ccc(OCc3ccc4ccccc4n3)cc12. The minimum absolute atomic E-state index is 0.144. The Balaban J connectivity index is 1.61. The fourth-order valence-electron chi connectivity index (χ4n) is 4.81. The van der Waals surface area contributed by atoms with E-state index in [2.05, 4.69) is 31.4 Å². The number of aromatic nitrogens is 2. The third-order valence-corrected chi connectivity index (χ3v) is 8.30. The van der Waals surface area contributed by atoms with Crippen molar-refractivity contribution in [2.75, 3.05) is 0 Å². The van der Waals surface area contributed by atoms with Crippen LogP contribution in [-0.2, 0) is 23.4 Å². The number of nitrogens with zero attached hydrogens (tertiary/aromatic N) is 2. The molecule has 0 fully saturated rings. The second-order valence-corrected chi connectivity index (χ2v) is 13.8. The first-order valence-electron chi connectivity index (χ1n) is 13.2. The number of carboxylic acids is 1. The first kappa shape index (κ1) is 28.1. The Morgan fingerprint density at radius 2 is 1.70 bits per heavy atom. The lowest BCUT2D eigenvalue weighted by atomic mass is 9.89. The molecule has 0 atom stereocenters. The van der Waals surface area contributed by atoms with Gasteiger partial charge >= 0.3 is 5.97 Å². The quantitative estimate of drug-likeness (QED) is 0.188. The van der Waals surface area contributed by atoms with Crippen LogP contribution in [0.15, 0.2) is 83.8 Å². The van der Waals surface area contributed by atoms with Crippen LogP contribution in [0.1, 0.15) is 51.6 Å². The molecule has 0 saturated carbocycles. The molecule has 5 rings (SSSR count). The molecule has 206 valence electrons. The number of fused-ring (bicyclic) bond motifs is 2. The number of para-hydroxylation sites is 1. The molecule has 0 unspecified atom stereocenters. The van der Waals surface area contributed by atoms with E-state index in [0.29, 0.717) is 23.9 Å². The van der Waals surface area contributed by atoms with Crippen LogP contribution in [-0.4, -0.2) is 25.4 Å². The van der Waals surface area contributed by atoms with Gasteiger partial charge in [0.05, 0.1) is 11.2 Å². The van der Waals surface area contributed by atoms with Crippen molar-refractivity contribution in [2.45, 2.75) is 62.8 Å². The van der Waals surface area contributed by atoms with Crippen molar-refractivity contribution in [3.8, 4) is 5.75 Å². The second-order valence-electron chi connectivity index (χ2n) is 11.5. The van der Waals surface area contributed by atoms with Crippen LogP contribution in [0.2, 0.25) is 5.02 Å². The van der Waals surface area contributed by atoms with Crippen molar-refractivity contribution < 1.29 is 14.6 Å². The molecule has 5 nitrogen and oxygen atoms in total. The first-order valence-corrected chi connectivity index (χ1v) is 14.4. The summed E-state index contributed by atoms with van der Waals surface area (Å²) >= 11 is 7.83. The molecule has 0 radical (unpaired) electrons. The van der Waals surface area contributed by atoms with E-state index in [0.717, 1.165) is 43.7 Å². The highest BCUT2D eigenvalue weighted by atomic mass is 35.5. The number of ether oxygens (including phenoxy) is 1. The van der Waals surface area contributed by atoms with Crippen molar-refractivity contribution in [3.63, 3.8) is 0 Å². The van der Waals surface area contributed by atoms with Crippen LogP contribution in [0.5, 0.6) is 5.75 Å². The van der Waals surface area contributed by atoms with Gasteiger partial charge in [0.15, 0.2) is 0 Å². The van der Waals surface area contributed by atoms with Crippen molar-refractivity contribution in [3.05, 3.63) is 101 Å². The Hall–Kier alpha value is -3.48. The van der Waals surface area contributed by atoms with E-state index in [1.807, 2.05) is 72.8 Å². The number of hydrogen-bond acceptors (Lipinski definition) is 4. The Morgan fingerprint density at radius 1 is 0.975 bits per heavy atom. The van der Waals surface area contributed by atoms with E-state index in [1.165, 1.54) is 0 Å². The zero-order valence-corrected chi connectivity index (χ0v) is 24.9. The molecule has 0 aliphatic carbocycles. The predicted molar refractivity (Wildman–Crippen MR) is 165 cm³/mol. The molecule has 7 heteroatoms. The molecule has 5 aromatic rings. The number of pyridine rings is 1. The van der Waals surface area contributed by atoms with Crippen molar-refractivity contribution in [1.29, 1.82) is 0 Å². The van der Waals surface area contributed by atoms with Gasteiger partial charge < -0.3 is 14.4 Å². The fourth-order valence-corrected chi connectivity index (χ4v) is 6.28. The number of halogens is 1. The Bertz CT molecular complexity index is 1700. The maximum atomic E-state index is 12.6. The molecule has 0 aliphatic heterocycles. The van der Waals surface area contributed by atoms with Crippen molar-refractivity contribution in [2.24, 2.45) is 0 Å². The average molecular weight is 573 g/mol. The molecule has 2 aromatic heterocycles. The van der Waals surface area contributed by atoms with Gasteiger partial charge in [-0.2, -0.15) is 0 Å². The number of aliphatic carboxylic acids is 1. The molecule has 0 bridgehead atoms. The van der Waals surface area contributed by atoms with Crippen LogP contribution in [0.3, 0.4) is 0 Å². The molecule has 0 spiro atoms. The van der Waals surface area contributed by atoms with Gasteiger partial charge in [0.1, 0.15) is 17.8 Å². The Kier molecular flexibility index (Phi) is 7.60. The van der Waals surface area contributed by atoms with Crippen LogP contribution >= 0.6 is 23.4 Å². The lowest BCUT2D eigenvalue weighted by Crippen LogP contribution is -2.32. The second kappa shape index (κ2) is 10.8. The number of rotatable bonds is 8. The van der Waals surface area contributed by atoms with Crippen LogP contribution in [0, 0.1) is 0 Å². The smallest absolute Gasteiger partial charge is 0.315 e. The summed E-state index contributed by atoms with van der Waals surface area (Å²) in [5, 5.41) is 13.1. The molecule has 3 aromatic carbocycles. The van der Waals surface area contributed by atoms with Gasteiger partial charge in [0.2, 0.25) is 0 Å². The highest BCUT2D eigenvalue weighted by Gasteiger charge is 2.38. The van der Waals surface area contributed by atoms with Gasteiger partial charge in [-0.1, -0.05) is 68.8 Å². The van der Waals surface area contributed by atoms with Gasteiger partial charge in [-0.15, -0.1) is 11.8 Å². The minimum atomic E-state index is -1.13. The predicted octanol–water partition coefficient (Wildman–Crippen LogP) is 8.72. The number of carbonyl (C=O) groups is 1. The van der Waals surface area contributed by atoms with E-state index in [9.17, 15) is 9.90 Å². The highest BCUT2D eigenvalue weighted by Crippen LogP contribution is 2.46. The maximum absolute atomic E-state index is 12.6. The van der Waals surface area contributed by atoms with E-state index in [1.54, 1.807) is 25.6 Å². The van der Waals surface area contributed by atoms with E-state index in [-0.39, 0.29) is 4.75 Å². The molecular formula is C33H33ClN2O3S. The summed E-state index contributed by atoms with van der Waals surface area (Å²) in [6.45, 7) is 10.8. The van der Waals surface area contributed by atoms with Gasteiger partial charge in [-0.25, -0.2) is 4.98 Å². The number of hydrogen-bond donors (Lipinski definition) is 1. The topological polar surface area (TPSA) is 64.3 Å². The summed E-state index contributed by atoms with van der Waals surface area (Å²) in [7, 11) is 0. The molecule has 40 heavy (non-hydrogen) atoms. The van der Waals surface area contributed by atoms with E-state index < -0.39 is 11.4 Å². The molecule has 0 saturated heterocycles. The first-order chi connectivity index (χ1) is 18.9. The van der Waals surface area contributed by atoms with Gasteiger partial charge in [0.25, 0.3) is 0 Å². The summed E-state index contributed by atoms with van der Waals surface area (Å²) in [5.41, 5.74) is 3.42. The Labute approximate surface area is 244 Å². The van der Waals surface area contributed by atoms with Crippen LogP contribution in [0.4, 0.5) is 0 Å². The summed E-state index contributed by atoms with van der Waals surface area (Å²) in [4.78, 5) is 18.3. The summed E-state index contributed by atoms with van der Waals surface area (Å²) in [6, 6.07) is 25.8. The van der Waals surface area contributed by atoms with E-state index >= 15 is 0 Å². The number of carboxylic acid groups (broad SMARTS) is 1. The lowest BCUT2D eigenvalue weighted by molar-refractivity contribution is -0.142. The zero-order valence-electron chi connectivity index (χ0n) is 23.4. The molecule has 2 heterocycles. The number of benzene rings is 3. The third kappa shape index (κ3) is 5.84. The normalized spacial score (nSPS) is 12.2. The highest BCUT2D eigenvalue weighted by molar-refractivity contribution is 8.00. The maximum Gasteiger partial charge on any atom is 0.315 e. The van der Waals surface area contributed by atoms with Crippen molar-refractivity contribution >= 4 is 51.1 Å². The molecule has 0 amide bonds. The largest absolute Gasteiger partial charge is 0.487 e. The molecule has 1 N–H and O–H groups in total. The molecule has 0 aliphatic rings. The summed E-state index contributed by atoms with van der Waals surface area (Å²) in [6.07, 6.45) is 0. The standard InChI is InChI=1S/C33H33ClN2O3S/c1-32(2,3)40-29-26-18-25(39-20-24-15-12-22-8-6-7-9-27(22)35-24)16-17-28(26)36(30(29)33(4,5)31(37)38)19-21-10-13-23(34)14-11-21/h6-18H,19-20H2,1-5H3,(H,37,38). The van der Waals surface area contributed by atoms with E-state index in [4.69, 9.17) is 21.3 Å².